The van der Waals surface area contributed by atoms with Gasteiger partial charge in [0.25, 0.3) is 0 Å². The smallest absolute Gasteiger partial charge is 0.242 e. The zero-order valence-corrected chi connectivity index (χ0v) is 12.9. The van der Waals surface area contributed by atoms with Gasteiger partial charge in [0.1, 0.15) is 0 Å². The van der Waals surface area contributed by atoms with E-state index in [1.54, 1.807) is 18.5 Å². The minimum atomic E-state index is -3.55. The second kappa shape index (κ2) is 6.79. The second-order valence-corrected chi connectivity index (χ2v) is 6.38. The van der Waals surface area contributed by atoms with Crippen LogP contribution in [0.5, 0.6) is 0 Å². The first kappa shape index (κ1) is 15.6. The van der Waals surface area contributed by atoms with Gasteiger partial charge in [0.2, 0.25) is 10.0 Å². The molecule has 7 nitrogen and oxygen atoms in total. The Labute approximate surface area is 124 Å². The third-order valence-electron chi connectivity index (χ3n) is 2.87. The van der Waals surface area contributed by atoms with Gasteiger partial charge >= 0.3 is 0 Å². The largest absolute Gasteiger partial charge is 0.363 e. The summed E-state index contributed by atoms with van der Waals surface area (Å²) in [4.78, 5) is 11.4. The summed E-state index contributed by atoms with van der Waals surface area (Å²) in [5, 5.41) is 3.13. The van der Waals surface area contributed by atoms with Gasteiger partial charge in [-0.3, -0.25) is 9.97 Å². The summed E-state index contributed by atoms with van der Waals surface area (Å²) in [5.41, 5.74) is 2.19. The van der Waals surface area contributed by atoms with E-state index in [0.717, 1.165) is 17.9 Å². The van der Waals surface area contributed by atoms with E-state index in [1.165, 1.54) is 6.20 Å². The Morgan fingerprint density at radius 2 is 2.05 bits per heavy atom. The molecule has 21 heavy (non-hydrogen) atoms. The zero-order valence-electron chi connectivity index (χ0n) is 12.0. The van der Waals surface area contributed by atoms with Gasteiger partial charge in [0.05, 0.1) is 29.0 Å². The molecule has 2 rings (SSSR count). The highest BCUT2D eigenvalue weighted by Crippen LogP contribution is 2.11. The lowest BCUT2D eigenvalue weighted by molar-refractivity contribution is 0.580. The fraction of sp³-hybridized carbons (Fsp3) is 0.385. The van der Waals surface area contributed by atoms with Crippen LogP contribution in [0.4, 0.5) is 0 Å². The quantitative estimate of drug-likeness (QED) is 0.699. The maximum atomic E-state index is 12.2. The highest BCUT2D eigenvalue weighted by Gasteiger charge is 2.16. The van der Waals surface area contributed by atoms with Gasteiger partial charge in [0, 0.05) is 24.6 Å². The molecule has 0 amide bonds. The molecule has 3 N–H and O–H groups in total. The lowest BCUT2D eigenvalue weighted by Gasteiger charge is -2.04. The SMILES string of the molecule is CCNCc1cc(S(=O)(=O)NCc2cnc(C)cn2)c[nH]1. The average Bonchev–Trinajstić information content (AvgIpc) is 2.94. The predicted octanol–water partition coefficient (Wildman–Crippen LogP) is 0.701. The minimum Gasteiger partial charge on any atom is -0.363 e. The van der Waals surface area contributed by atoms with Crippen molar-refractivity contribution >= 4 is 10.0 Å². The van der Waals surface area contributed by atoms with Crippen LogP contribution in [0, 0.1) is 6.92 Å². The zero-order chi connectivity index (χ0) is 15.3. The molecular weight excluding hydrogens is 290 g/mol. The number of aromatic nitrogens is 3. The van der Waals surface area contributed by atoms with Crippen LogP contribution >= 0.6 is 0 Å². The Morgan fingerprint density at radius 1 is 1.24 bits per heavy atom. The number of hydrogen-bond acceptors (Lipinski definition) is 5. The van der Waals surface area contributed by atoms with Crippen molar-refractivity contribution in [2.45, 2.75) is 31.8 Å². The number of rotatable bonds is 7. The first-order chi connectivity index (χ1) is 10.0. The first-order valence-electron chi connectivity index (χ1n) is 6.66. The van der Waals surface area contributed by atoms with Crippen molar-refractivity contribution in [3.63, 3.8) is 0 Å². The van der Waals surface area contributed by atoms with E-state index in [-0.39, 0.29) is 11.4 Å². The molecule has 0 saturated heterocycles. The van der Waals surface area contributed by atoms with Crippen LogP contribution in [0.15, 0.2) is 29.6 Å². The van der Waals surface area contributed by atoms with Crippen molar-refractivity contribution in [3.8, 4) is 0 Å². The van der Waals surface area contributed by atoms with Crippen LogP contribution in [-0.4, -0.2) is 29.9 Å². The average molecular weight is 309 g/mol. The molecule has 0 aliphatic heterocycles. The van der Waals surface area contributed by atoms with Crippen LogP contribution in [0.1, 0.15) is 24.0 Å². The van der Waals surface area contributed by atoms with E-state index in [1.807, 2.05) is 13.8 Å². The van der Waals surface area contributed by atoms with Crippen molar-refractivity contribution in [3.05, 3.63) is 41.7 Å². The lowest BCUT2D eigenvalue weighted by Crippen LogP contribution is -2.23. The molecule has 0 aliphatic carbocycles. The Hall–Kier alpha value is -1.77. The van der Waals surface area contributed by atoms with E-state index in [0.29, 0.717) is 12.2 Å². The molecular formula is C13H19N5O2S. The van der Waals surface area contributed by atoms with E-state index >= 15 is 0 Å². The summed E-state index contributed by atoms with van der Waals surface area (Å²) < 4.78 is 26.8. The maximum absolute atomic E-state index is 12.2. The lowest BCUT2D eigenvalue weighted by atomic mass is 10.4. The number of aryl methyl sites for hydroxylation is 1. The third-order valence-corrected chi connectivity index (χ3v) is 4.25. The molecule has 2 aromatic rings. The van der Waals surface area contributed by atoms with Crippen molar-refractivity contribution < 1.29 is 8.42 Å². The van der Waals surface area contributed by atoms with Gasteiger partial charge < -0.3 is 10.3 Å². The Balaban J connectivity index is 2.00. The number of nitrogens with zero attached hydrogens (tertiary/aromatic N) is 2. The van der Waals surface area contributed by atoms with E-state index in [2.05, 4.69) is 25.0 Å². The van der Waals surface area contributed by atoms with Gasteiger partial charge in [-0.2, -0.15) is 0 Å². The van der Waals surface area contributed by atoms with Crippen LogP contribution in [0.25, 0.3) is 0 Å². The first-order valence-corrected chi connectivity index (χ1v) is 8.15. The normalized spacial score (nSPS) is 11.7. The molecule has 0 radical (unpaired) electrons. The molecule has 0 spiro atoms. The summed E-state index contributed by atoms with van der Waals surface area (Å²) in [5.74, 6) is 0. The minimum absolute atomic E-state index is 0.114. The maximum Gasteiger partial charge on any atom is 0.242 e. The van der Waals surface area contributed by atoms with Crippen molar-refractivity contribution in [2.75, 3.05) is 6.54 Å². The molecule has 0 bridgehead atoms. The number of hydrogen-bond donors (Lipinski definition) is 3. The topological polar surface area (TPSA) is 99.8 Å². The molecule has 0 atom stereocenters. The number of H-pyrrole nitrogens is 1. The third kappa shape index (κ3) is 4.35. The van der Waals surface area contributed by atoms with Gasteiger partial charge in [-0.1, -0.05) is 6.92 Å². The highest BCUT2D eigenvalue weighted by molar-refractivity contribution is 7.89. The molecule has 114 valence electrons. The standard InChI is InChI=1S/C13H19N5O2S/c1-3-14-6-11-4-13(9-17-11)21(19,20)18-8-12-7-15-10(2)5-16-12/h4-5,7,9,14,17-18H,3,6,8H2,1-2H3. The molecule has 2 aromatic heterocycles. The van der Waals surface area contributed by atoms with E-state index in [4.69, 9.17) is 0 Å². The van der Waals surface area contributed by atoms with Crippen LogP contribution in [0.2, 0.25) is 0 Å². The summed E-state index contributed by atoms with van der Waals surface area (Å²) in [7, 11) is -3.55. The molecule has 0 saturated carbocycles. The van der Waals surface area contributed by atoms with Gasteiger partial charge in [-0.25, -0.2) is 13.1 Å². The molecule has 0 unspecified atom stereocenters. The summed E-state index contributed by atoms with van der Waals surface area (Å²) >= 11 is 0. The summed E-state index contributed by atoms with van der Waals surface area (Å²) in [6.45, 7) is 5.36. The fourth-order valence-electron chi connectivity index (χ4n) is 1.70. The van der Waals surface area contributed by atoms with Crippen molar-refractivity contribution in [1.82, 2.24) is 25.0 Å². The Kier molecular flexibility index (Phi) is 5.05. The van der Waals surface area contributed by atoms with E-state index < -0.39 is 10.0 Å². The molecule has 0 fully saturated rings. The number of sulfonamides is 1. The predicted molar refractivity (Wildman–Crippen MR) is 79.0 cm³/mol. The summed E-state index contributed by atoms with van der Waals surface area (Å²) in [6.07, 6.45) is 4.65. The van der Waals surface area contributed by atoms with Gasteiger partial charge in [-0.05, 0) is 19.5 Å². The molecule has 2 heterocycles. The number of aromatic amines is 1. The highest BCUT2D eigenvalue weighted by atomic mass is 32.2. The molecule has 0 aromatic carbocycles. The Bertz CT molecular complexity index is 679. The van der Waals surface area contributed by atoms with Gasteiger partial charge in [0.15, 0.2) is 0 Å². The second-order valence-electron chi connectivity index (χ2n) is 4.61. The van der Waals surface area contributed by atoms with Crippen LogP contribution in [0.3, 0.4) is 0 Å². The fourth-order valence-corrected chi connectivity index (χ4v) is 2.71. The molecule has 0 aliphatic rings. The Morgan fingerprint density at radius 3 is 2.71 bits per heavy atom. The van der Waals surface area contributed by atoms with Crippen LogP contribution < -0.4 is 10.0 Å². The van der Waals surface area contributed by atoms with Crippen molar-refractivity contribution in [2.24, 2.45) is 0 Å². The summed E-state index contributed by atoms with van der Waals surface area (Å²) in [6, 6.07) is 1.62. The van der Waals surface area contributed by atoms with Gasteiger partial charge in [-0.15, -0.1) is 0 Å². The number of nitrogens with one attached hydrogen (secondary N) is 3. The van der Waals surface area contributed by atoms with Crippen molar-refractivity contribution in [1.29, 1.82) is 0 Å². The van der Waals surface area contributed by atoms with E-state index in [9.17, 15) is 8.42 Å². The monoisotopic (exact) mass is 309 g/mol. The van der Waals surface area contributed by atoms with Crippen LogP contribution in [-0.2, 0) is 23.1 Å². The molecule has 8 heteroatoms.